The first-order chi connectivity index (χ1) is 10.5. The summed E-state index contributed by atoms with van der Waals surface area (Å²) >= 11 is 3.42. The second-order valence-corrected chi connectivity index (χ2v) is 5.92. The first kappa shape index (κ1) is 16.5. The molecule has 22 heavy (non-hydrogen) atoms. The molecule has 4 nitrogen and oxygen atoms in total. The molecule has 0 radical (unpaired) electrons. The van der Waals surface area contributed by atoms with Crippen molar-refractivity contribution in [2.45, 2.75) is 19.6 Å². The molecule has 0 fully saturated rings. The molecule has 0 saturated carbocycles. The van der Waals surface area contributed by atoms with Gasteiger partial charge < -0.3 is 15.2 Å². The minimum atomic E-state index is -0.570. The van der Waals surface area contributed by atoms with E-state index in [9.17, 15) is 9.90 Å². The first-order valence-corrected chi connectivity index (χ1v) is 7.77. The van der Waals surface area contributed by atoms with Gasteiger partial charge in [0, 0.05) is 16.6 Å². The Morgan fingerprint density at radius 2 is 2.05 bits per heavy atom. The van der Waals surface area contributed by atoms with Crippen LogP contribution in [-0.2, 0) is 6.61 Å². The van der Waals surface area contributed by atoms with Crippen molar-refractivity contribution in [1.82, 2.24) is 5.32 Å². The molecule has 0 aromatic heterocycles. The van der Waals surface area contributed by atoms with E-state index in [-0.39, 0.29) is 12.5 Å². The van der Waals surface area contributed by atoms with Crippen LogP contribution in [-0.4, -0.2) is 23.7 Å². The molecule has 116 valence electrons. The van der Waals surface area contributed by atoms with Crippen LogP contribution < -0.4 is 10.1 Å². The van der Waals surface area contributed by atoms with Gasteiger partial charge in [-0.1, -0.05) is 34.1 Å². The lowest BCUT2D eigenvalue weighted by atomic mass is 10.2. The molecular weight excluding hydrogens is 346 g/mol. The van der Waals surface area contributed by atoms with E-state index in [0.717, 1.165) is 10.0 Å². The predicted molar refractivity (Wildman–Crippen MR) is 88.9 cm³/mol. The summed E-state index contributed by atoms with van der Waals surface area (Å²) in [6.07, 6.45) is -0.570. The van der Waals surface area contributed by atoms with Gasteiger partial charge in [-0.15, -0.1) is 0 Å². The summed E-state index contributed by atoms with van der Waals surface area (Å²) in [7, 11) is 0. The summed E-state index contributed by atoms with van der Waals surface area (Å²) < 4.78 is 6.71. The number of halogens is 1. The Hall–Kier alpha value is -1.85. The number of ether oxygens (including phenoxy) is 1. The Morgan fingerprint density at radius 3 is 2.77 bits per heavy atom. The van der Waals surface area contributed by atoms with Crippen LogP contribution >= 0.6 is 15.9 Å². The van der Waals surface area contributed by atoms with Crippen LogP contribution in [0.15, 0.2) is 53.0 Å². The monoisotopic (exact) mass is 363 g/mol. The van der Waals surface area contributed by atoms with Crippen LogP contribution in [0.3, 0.4) is 0 Å². The largest absolute Gasteiger partial charge is 0.489 e. The molecule has 2 rings (SSSR count). The highest BCUT2D eigenvalue weighted by Gasteiger charge is 2.07. The number of hydrogen-bond donors (Lipinski definition) is 2. The van der Waals surface area contributed by atoms with Gasteiger partial charge in [-0.3, -0.25) is 4.79 Å². The van der Waals surface area contributed by atoms with Crippen LogP contribution in [0, 0.1) is 0 Å². The van der Waals surface area contributed by atoms with E-state index in [2.05, 4.69) is 21.2 Å². The number of carbonyl (C=O) groups is 1. The van der Waals surface area contributed by atoms with E-state index in [1.54, 1.807) is 25.1 Å². The number of rotatable bonds is 6. The molecule has 1 atom stereocenters. The predicted octanol–water partition coefficient (Wildman–Crippen LogP) is 3.14. The molecule has 2 aromatic carbocycles. The van der Waals surface area contributed by atoms with Crippen molar-refractivity contribution in [1.29, 1.82) is 0 Å². The summed E-state index contributed by atoms with van der Waals surface area (Å²) in [5.74, 6) is 0.401. The third-order valence-electron chi connectivity index (χ3n) is 2.95. The lowest BCUT2D eigenvalue weighted by Gasteiger charge is -2.10. The van der Waals surface area contributed by atoms with E-state index >= 15 is 0 Å². The van der Waals surface area contributed by atoms with Crippen molar-refractivity contribution in [3.8, 4) is 5.75 Å². The maximum Gasteiger partial charge on any atom is 0.251 e. The summed E-state index contributed by atoms with van der Waals surface area (Å²) in [5, 5.41) is 11.8. The van der Waals surface area contributed by atoms with Gasteiger partial charge in [0.15, 0.2) is 0 Å². The number of aliphatic hydroxyl groups excluding tert-OH is 1. The Bertz CT molecular complexity index is 643. The number of amides is 1. The van der Waals surface area contributed by atoms with Crippen LogP contribution in [0.2, 0.25) is 0 Å². The second-order valence-electron chi connectivity index (χ2n) is 5.01. The van der Waals surface area contributed by atoms with Crippen molar-refractivity contribution >= 4 is 21.8 Å². The van der Waals surface area contributed by atoms with Crippen molar-refractivity contribution in [3.05, 3.63) is 64.1 Å². The summed E-state index contributed by atoms with van der Waals surface area (Å²) in [6, 6.07) is 14.8. The minimum absolute atomic E-state index is 0.224. The quantitative estimate of drug-likeness (QED) is 0.828. The van der Waals surface area contributed by atoms with Crippen molar-refractivity contribution < 1.29 is 14.6 Å². The van der Waals surface area contributed by atoms with Crippen molar-refractivity contribution in [2.24, 2.45) is 0 Å². The van der Waals surface area contributed by atoms with Gasteiger partial charge in [-0.25, -0.2) is 0 Å². The molecule has 1 unspecified atom stereocenters. The van der Waals surface area contributed by atoms with Gasteiger partial charge in [0.1, 0.15) is 12.4 Å². The first-order valence-electron chi connectivity index (χ1n) is 6.98. The molecule has 2 N–H and O–H groups in total. The average Bonchev–Trinajstić information content (AvgIpc) is 2.51. The topological polar surface area (TPSA) is 58.6 Å². The number of nitrogens with one attached hydrogen (secondary N) is 1. The van der Waals surface area contributed by atoms with Gasteiger partial charge in [-0.2, -0.15) is 0 Å². The fourth-order valence-corrected chi connectivity index (χ4v) is 2.31. The third kappa shape index (κ3) is 5.16. The van der Waals surface area contributed by atoms with Crippen molar-refractivity contribution in [2.75, 3.05) is 6.54 Å². The Kier molecular flexibility index (Phi) is 5.98. The SMILES string of the molecule is CC(O)CNC(=O)c1cccc(OCc2cccc(Br)c2)c1. The average molecular weight is 364 g/mol. The van der Waals surface area contributed by atoms with Crippen LogP contribution in [0.25, 0.3) is 0 Å². The maximum atomic E-state index is 11.9. The molecule has 0 aliphatic carbocycles. The summed E-state index contributed by atoms with van der Waals surface area (Å²) in [6.45, 7) is 2.28. The lowest BCUT2D eigenvalue weighted by Crippen LogP contribution is -2.30. The molecule has 0 aliphatic rings. The van der Waals surface area contributed by atoms with Crippen LogP contribution in [0.1, 0.15) is 22.8 Å². The summed E-state index contributed by atoms with van der Waals surface area (Å²) in [5.41, 5.74) is 1.55. The molecule has 0 spiro atoms. The Morgan fingerprint density at radius 1 is 1.27 bits per heavy atom. The lowest BCUT2D eigenvalue weighted by molar-refractivity contribution is 0.0923. The number of hydrogen-bond acceptors (Lipinski definition) is 3. The van der Waals surface area contributed by atoms with E-state index < -0.39 is 6.10 Å². The molecule has 0 aliphatic heterocycles. The molecular formula is C17H18BrNO3. The van der Waals surface area contributed by atoms with Crippen LogP contribution in [0.4, 0.5) is 0 Å². The Balaban J connectivity index is 1.97. The van der Waals surface area contributed by atoms with E-state index in [4.69, 9.17) is 4.74 Å². The summed E-state index contributed by atoms with van der Waals surface area (Å²) in [4.78, 5) is 11.9. The molecule has 0 heterocycles. The van der Waals surface area contributed by atoms with Gasteiger partial charge >= 0.3 is 0 Å². The zero-order valence-corrected chi connectivity index (χ0v) is 13.8. The van der Waals surface area contributed by atoms with E-state index in [1.165, 1.54) is 0 Å². The zero-order chi connectivity index (χ0) is 15.9. The fraction of sp³-hybridized carbons (Fsp3) is 0.235. The number of carbonyl (C=O) groups excluding carboxylic acids is 1. The standard InChI is InChI=1S/C17H18BrNO3/c1-12(20)10-19-17(21)14-5-3-7-16(9-14)22-11-13-4-2-6-15(18)8-13/h2-9,12,20H,10-11H2,1H3,(H,19,21). The van der Waals surface area contributed by atoms with Gasteiger partial charge in [-0.05, 0) is 42.8 Å². The minimum Gasteiger partial charge on any atom is -0.489 e. The van der Waals surface area contributed by atoms with E-state index in [0.29, 0.717) is 17.9 Å². The molecule has 0 saturated heterocycles. The van der Waals surface area contributed by atoms with Crippen LogP contribution in [0.5, 0.6) is 5.75 Å². The highest BCUT2D eigenvalue weighted by molar-refractivity contribution is 9.10. The Labute approximate surface area is 138 Å². The smallest absolute Gasteiger partial charge is 0.251 e. The van der Waals surface area contributed by atoms with Gasteiger partial charge in [0.05, 0.1) is 6.10 Å². The highest BCUT2D eigenvalue weighted by Crippen LogP contribution is 2.17. The number of benzene rings is 2. The normalized spacial score (nSPS) is 11.8. The highest BCUT2D eigenvalue weighted by atomic mass is 79.9. The maximum absolute atomic E-state index is 11.9. The number of aliphatic hydroxyl groups is 1. The second kappa shape index (κ2) is 7.96. The van der Waals surface area contributed by atoms with E-state index in [1.807, 2.05) is 30.3 Å². The fourth-order valence-electron chi connectivity index (χ4n) is 1.86. The molecule has 1 amide bonds. The molecule has 0 bridgehead atoms. The van der Waals surface area contributed by atoms with Crippen molar-refractivity contribution in [3.63, 3.8) is 0 Å². The zero-order valence-electron chi connectivity index (χ0n) is 12.3. The molecule has 2 aromatic rings. The van der Waals surface area contributed by atoms with Gasteiger partial charge in [0.25, 0.3) is 5.91 Å². The third-order valence-corrected chi connectivity index (χ3v) is 3.44. The molecule has 5 heteroatoms. The van der Waals surface area contributed by atoms with Gasteiger partial charge in [0.2, 0.25) is 0 Å².